The summed E-state index contributed by atoms with van der Waals surface area (Å²) in [4.78, 5) is 10.8. The summed E-state index contributed by atoms with van der Waals surface area (Å²) in [5.41, 5.74) is 1.36. The number of methoxy groups -OCH3 is 2. The Bertz CT molecular complexity index is 347. The quantitative estimate of drug-likeness (QED) is 0.549. The first-order valence-electron chi connectivity index (χ1n) is 4.49. The number of aldehydes is 1. The minimum Gasteiger partial charge on any atom is -0.492 e. The zero-order valence-corrected chi connectivity index (χ0v) is 9.07. The van der Waals surface area contributed by atoms with Gasteiger partial charge in [0.25, 0.3) is 0 Å². The van der Waals surface area contributed by atoms with E-state index in [1.807, 2.05) is 6.92 Å². The summed E-state index contributed by atoms with van der Waals surface area (Å²) in [5.74, 6) is 0.992. The molecule has 0 aromatic heterocycles. The average Bonchev–Trinajstić information content (AvgIpc) is 2.27. The second-order valence-electron chi connectivity index (χ2n) is 3.00. The van der Waals surface area contributed by atoms with Gasteiger partial charge in [-0.15, -0.1) is 0 Å². The second-order valence-corrected chi connectivity index (χ2v) is 3.00. The highest BCUT2D eigenvalue weighted by Gasteiger charge is 2.12. The van der Waals surface area contributed by atoms with Crippen molar-refractivity contribution in [1.29, 1.82) is 0 Å². The largest absolute Gasteiger partial charge is 0.492 e. The minimum absolute atomic E-state index is 0.125. The molecule has 0 heterocycles. The van der Waals surface area contributed by atoms with E-state index in [1.54, 1.807) is 12.1 Å². The summed E-state index contributed by atoms with van der Waals surface area (Å²) < 4.78 is 15.3. The van der Waals surface area contributed by atoms with Crippen molar-refractivity contribution in [3.63, 3.8) is 0 Å². The predicted octanol–water partition coefficient (Wildman–Crippen LogP) is 1.80. The van der Waals surface area contributed by atoms with Gasteiger partial charge in [0.15, 0.2) is 24.6 Å². The van der Waals surface area contributed by atoms with Crippen LogP contribution in [0.15, 0.2) is 12.1 Å². The van der Waals surface area contributed by atoms with Crippen LogP contribution < -0.4 is 9.47 Å². The van der Waals surface area contributed by atoms with Crippen LogP contribution in [-0.4, -0.2) is 27.3 Å². The van der Waals surface area contributed by atoms with Gasteiger partial charge in [-0.3, -0.25) is 4.79 Å². The highest BCUT2D eigenvalue weighted by molar-refractivity contribution is 5.81. The molecule has 4 nitrogen and oxygen atoms in total. The van der Waals surface area contributed by atoms with Gasteiger partial charge in [0, 0.05) is 7.11 Å². The van der Waals surface area contributed by atoms with Crippen molar-refractivity contribution < 1.29 is 19.0 Å². The fourth-order valence-electron chi connectivity index (χ4n) is 1.28. The highest BCUT2D eigenvalue weighted by atomic mass is 16.7. The molecule has 82 valence electrons. The van der Waals surface area contributed by atoms with Crippen LogP contribution in [0.3, 0.4) is 0 Å². The molecule has 0 spiro atoms. The lowest BCUT2D eigenvalue weighted by atomic mass is 10.1. The third-order valence-electron chi connectivity index (χ3n) is 1.99. The average molecular weight is 210 g/mol. The van der Waals surface area contributed by atoms with Crippen molar-refractivity contribution in [3.8, 4) is 11.5 Å². The van der Waals surface area contributed by atoms with Gasteiger partial charge in [0.1, 0.15) is 0 Å². The van der Waals surface area contributed by atoms with Crippen molar-refractivity contribution in [1.82, 2.24) is 0 Å². The molecule has 0 unspecified atom stereocenters. The van der Waals surface area contributed by atoms with Crippen molar-refractivity contribution in [2.45, 2.75) is 6.92 Å². The fourth-order valence-corrected chi connectivity index (χ4v) is 1.28. The SMILES string of the molecule is COCOc1c(C)ccc(C=O)c1OC. The molecular formula is C11H14O4. The van der Waals surface area contributed by atoms with Gasteiger partial charge < -0.3 is 14.2 Å². The third-order valence-corrected chi connectivity index (χ3v) is 1.99. The van der Waals surface area contributed by atoms with Crippen LogP contribution in [0.25, 0.3) is 0 Å². The van der Waals surface area contributed by atoms with Crippen LogP contribution >= 0.6 is 0 Å². The van der Waals surface area contributed by atoms with Crippen molar-refractivity contribution >= 4 is 6.29 Å². The summed E-state index contributed by atoms with van der Waals surface area (Å²) >= 11 is 0. The Kier molecular flexibility index (Phi) is 4.12. The molecule has 1 aromatic rings. The lowest BCUT2D eigenvalue weighted by molar-refractivity contribution is 0.0485. The molecule has 15 heavy (non-hydrogen) atoms. The lowest BCUT2D eigenvalue weighted by Crippen LogP contribution is -2.04. The molecule has 0 aliphatic heterocycles. The maximum Gasteiger partial charge on any atom is 0.188 e. The molecule has 0 N–H and O–H groups in total. The summed E-state index contributed by atoms with van der Waals surface area (Å²) in [6.45, 7) is 2.00. The molecule has 1 rings (SSSR count). The van der Waals surface area contributed by atoms with Gasteiger partial charge in [-0.25, -0.2) is 0 Å². The molecule has 4 heteroatoms. The lowest BCUT2D eigenvalue weighted by Gasteiger charge is -2.13. The maximum atomic E-state index is 10.8. The summed E-state index contributed by atoms with van der Waals surface area (Å²) in [7, 11) is 3.03. The van der Waals surface area contributed by atoms with Crippen LogP contribution in [-0.2, 0) is 4.74 Å². The third kappa shape index (κ3) is 2.47. The molecule has 0 atom stereocenters. The fraction of sp³-hybridized carbons (Fsp3) is 0.364. The molecule has 0 saturated heterocycles. The van der Waals surface area contributed by atoms with E-state index in [4.69, 9.17) is 14.2 Å². The van der Waals surface area contributed by atoms with Crippen LogP contribution in [0.2, 0.25) is 0 Å². The number of ether oxygens (including phenoxy) is 3. The van der Waals surface area contributed by atoms with Crippen molar-refractivity contribution in [2.24, 2.45) is 0 Å². The van der Waals surface area contributed by atoms with Crippen LogP contribution in [0.5, 0.6) is 11.5 Å². The number of rotatable bonds is 5. The van der Waals surface area contributed by atoms with Crippen LogP contribution in [0, 0.1) is 6.92 Å². The van der Waals surface area contributed by atoms with Gasteiger partial charge in [0.2, 0.25) is 0 Å². The van der Waals surface area contributed by atoms with Crippen LogP contribution in [0.4, 0.5) is 0 Å². The zero-order valence-electron chi connectivity index (χ0n) is 9.07. The Hall–Kier alpha value is -1.55. The molecular weight excluding hydrogens is 196 g/mol. The van der Waals surface area contributed by atoms with Crippen LogP contribution in [0.1, 0.15) is 15.9 Å². The topological polar surface area (TPSA) is 44.8 Å². The molecule has 0 bridgehead atoms. The Morgan fingerprint density at radius 2 is 2.00 bits per heavy atom. The second kappa shape index (κ2) is 5.36. The first kappa shape index (κ1) is 11.5. The zero-order chi connectivity index (χ0) is 11.3. The summed E-state index contributed by atoms with van der Waals surface area (Å²) in [6, 6.07) is 3.50. The van der Waals surface area contributed by atoms with Gasteiger partial charge in [0.05, 0.1) is 12.7 Å². The minimum atomic E-state index is 0.125. The Morgan fingerprint density at radius 3 is 2.53 bits per heavy atom. The number of carbonyl (C=O) groups excluding carboxylic acids is 1. The van der Waals surface area contributed by atoms with E-state index in [0.29, 0.717) is 17.1 Å². The highest BCUT2D eigenvalue weighted by Crippen LogP contribution is 2.33. The maximum absolute atomic E-state index is 10.8. The van der Waals surface area contributed by atoms with Gasteiger partial charge in [-0.1, -0.05) is 6.07 Å². The predicted molar refractivity (Wildman–Crippen MR) is 55.6 cm³/mol. The van der Waals surface area contributed by atoms with E-state index in [9.17, 15) is 4.79 Å². The number of hydrogen-bond acceptors (Lipinski definition) is 4. The molecule has 0 aliphatic carbocycles. The molecule has 0 amide bonds. The van der Waals surface area contributed by atoms with Gasteiger partial charge in [-0.05, 0) is 18.6 Å². The molecule has 0 fully saturated rings. The molecule has 1 aromatic carbocycles. The Morgan fingerprint density at radius 1 is 1.27 bits per heavy atom. The monoisotopic (exact) mass is 210 g/mol. The van der Waals surface area contributed by atoms with Gasteiger partial charge in [-0.2, -0.15) is 0 Å². The normalized spacial score (nSPS) is 9.80. The molecule has 0 aliphatic rings. The van der Waals surface area contributed by atoms with E-state index < -0.39 is 0 Å². The van der Waals surface area contributed by atoms with E-state index in [0.717, 1.165) is 11.8 Å². The first-order chi connectivity index (χ1) is 7.24. The number of aryl methyl sites for hydroxylation is 1. The number of carbonyl (C=O) groups is 1. The van der Waals surface area contributed by atoms with E-state index in [1.165, 1.54) is 14.2 Å². The molecule has 0 radical (unpaired) electrons. The first-order valence-corrected chi connectivity index (χ1v) is 4.49. The Balaban J connectivity index is 3.13. The van der Waals surface area contributed by atoms with E-state index >= 15 is 0 Å². The van der Waals surface area contributed by atoms with Gasteiger partial charge >= 0.3 is 0 Å². The Labute approximate surface area is 88.8 Å². The number of hydrogen-bond donors (Lipinski definition) is 0. The van der Waals surface area contributed by atoms with Crippen molar-refractivity contribution in [3.05, 3.63) is 23.3 Å². The number of benzene rings is 1. The standard InChI is InChI=1S/C11H14O4/c1-8-4-5-9(6-12)11(14-3)10(8)15-7-13-2/h4-6H,7H2,1-3H3. The smallest absolute Gasteiger partial charge is 0.188 e. The molecule has 0 saturated carbocycles. The van der Waals surface area contributed by atoms with Crippen molar-refractivity contribution in [2.75, 3.05) is 21.0 Å². The summed E-state index contributed by atoms with van der Waals surface area (Å²) in [5, 5.41) is 0. The van der Waals surface area contributed by atoms with E-state index in [2.05, 4.69) is 0 Å². The summed E-state index contributed by atoms with van der Waals surface area (Å²) in [6.07, 6.45) is 0.734. The van der Waals surface area contributed by atoms with E-state index in [-0.39, 0.29) is 6.79 Å².